The number of benzene rings is 1. The van der Waals surface area contributed by atoms with Crippen molar-refractivity contribution in [1.82, 2.24) is 4.90 Å². The molecule has 1 aromatic rings. The van der Waals surface area contributed by atoms with Crippen molar-refractivity contribution in [2.24, 2.45) is 0 Å². The Labute approximate surface area is 121 Å². The highest BCUT2D eigenvalue weighted by atomic mass is 127. The van der Waals surface area contributed by atoms with Crippen LogP contribution in [-0.2, 0) is 0 Å². The largest absolute Gasteiger partial charge is 0.406 e. The van der Waals surface area contributed by atoms with Gasteiger partial charge in [-0.1, -0.05) is 11.6 Å². The Hall–Kier alpha value is -0.500. The first-order chi connectivity index (χ1) is 8.24. The van der Waals surface area contributed by atoms with Crippen LogP contribution in [0.4, 0.5) is 13.2 Å². The lowest BCUT2D eigenvalue weighted by molar-refractivity contribution is -0.140. The predicted molar refractivity (Wildman–Crippen MR) is 71.8 cm³/mol. The number of carbonyl (C=O) groups is 1. The molecule has 0 unspecified atom stereocenters. The molecule has 0 saturated heterocycles. The van der Waals surface area contributed by atoms with Crippen molar-refractivity contribution in [1.29, 1.82) is 0 Å². The van der Waals surface area contributed by atoms with Crippen LogP contribution in [0.1, 0.15) is 17.3 Å². The first-order valence-corrected chi connectivity index (χ1v) is 6.51. The van der Waals surface area contributed by atoms with Gasteiger partial charge in [0.2, 0.25) is 0 Å². The standard InChI is InChI=1S/C11H10ClF3INO/c1-2-17(6-11(13,14)15)10(18)7-3-4-9(16)8(12)5-7/h3-5H,2,6H2,1H3. The van der Waals surface area contributed by atoms with Crippen molar-refractivity contribution in [3.8, 4) is 0 Å². The van der Waals surface area contributed by atoms with Gasteiger partial charge in [0.1, 0.15) is 6.54 Å². The molecule has 0 spiro atoms. The van der Waals surface area contributed by atoms with Gasteiger partial charge in [0.15, 0.2) is 0 Å². The normalized spacial score (nSPS) is 11.4. The van der Waals surface area contributed by atoms with Crippen molar-refractivity contribution in [2.75, 3.05) is 13.1 Å². The van der Waals surface area contributed by atoms with Crippen molar-refractivity contribution in [3.05, 3.63) is 32.4 Å². The molecular formula is C11H10ClF3INO. The van der Waals surface area contributed by atoms with Crippen molar-refractivity contribution < 1.29 is 18.0 Å². The van der Waals surface area contributed by atoms with Crippen LogP contribution in [0.5, 0.6) is 0 Å². The van der Waals surface area contributed by atoms with E-state index in [4.69, 9.17) is 11.6 Å². The lowest BCUT2D eigenvalue weighted by Crippen LogP contribution is -2.38. The van der Waals surface area contributed by atoms with Crippen LogP contribution in [0.3, 0.4) is 0 Å². The number of rotatable bonds is 3. The van der Waals surface area contributed by atoms with E-state index in [-0.39, 0.29) is 12.1 Å². The van der Waals surface area contributed by atoms with Gasteiger partial charge in [0.05, 0.1) is 5.02 Å². The van der Waals surface area contributed by atoms with Gasteiger partial charge < -0.3 is 4.90 Å². The molecule has 1 aromatic carbocycles. The second-order valence-corrected chi connectivity index (χ2v) is 5.13. The third-order valence-electron chi connectivity index (χ3n) is 2.21. The molecule has 0 fully saturated rings. The van der Waals surface area contributed by atoms with E-state index in [1.165, 1.54) is 19.1 Å². The van der Waals surface area contributed by atoms with Gasteiger partial charge in [-0.05, 0) is 47.7 Å². The molecule has 0 aliphatic rings. The van der Waals surface area contributed by atoms with Crippen LogP contribution in [0.2, 0.25) is 5.02 Å². The third kappa shape index (κ3) is 4.31. The highest BCUT2D eigenvalue weighted by Crippen LogP contribution is 2.22. The number of hydrogen-bond donors (Lipinski definition) is 0. The van der Waals surface area contributed by atoms with E-state index >= 15 is 0 Å². The molecule has 0 bridgehead atoms. The van der Waals surface area contributed by atoms with Crippen LogP contribution >= 0.6 is 34.2 Å². The molecule has 1 amide bonds. The first kappa shape index (κ1) is 15.6. The number of amides is 1. The summed E-state index contributed by atoms with van der Waals surface area (Å²) in [6, 6.07) is 4.44. The highest BCUT2D eigenvalue weighted by Gasteiger charge is 2.32. The molecular weight excluding hydrogens is 381 g/mol. The van der Waals surface area contributed by atoms with E-state index in [1.54, 1.807) is 6.07 Å². The van der Waals surface area contributed by atoms with Gasteiger partial charge in [0, 0.05) is 15.7 Å². The topological polar surface area (TPSA) is 20.3 Å². The summed E-state index contributed by atoms with van der Waals surface area (Å²) >= 11 is 7.81. The molecule has 100 valence electrons. The number of nitrogens with zero attached hydrogens (tertiary/aromatic N) is 1. The fourth-order valence-electron chi connectivity index (χ4n) is 1.36. The van der Waals surface area contributed by atoms with Gasteiger partial charge in [-0.15, -0.1) is 0 Å². The van der Waals surface area contributed by atoms with E-state index in [0.29, 0.717) is 5.02 Å². The van der Waals surface area contributed by atoms with Gasteiger partial charge >= 0.3 is 6.18 Å². The fourth-order valence-corrected chi connectivity index (χ4v) is 1.87. The average molecular weight is 392 g/mol. The second kappa shape index (κ2) is 6.10. The van der Waals surface area contributed by atoms with Crippen LogP contribution in [-0.4, -0.2) is 30.1 Å². The molecule has 7 heteroatoms. The fraction of sp³-hybridized carbons (Fsp3) is 0.364. The smallest absolute Gasteiger partial charge is 0.330 e. The minimum atomic E-state index is -4.40. The summed E-state index contributed by atoms with van der Waals surface area (Å²) in [5.41, 5.74) is 0.159. The van der Waals surface area contributed by atoms with E-state index in [0.717, 1.165) is 8.47 Å². The summed E-state index contributed by atoms with van der Waals surface area (Å²) in [4.78, 5) is 12.6. The Kier molecular flexibility index (Phi) is 5.27. The molecule has 0 saturated carbocycles. The molecule has 0 aliphatic carbocycles. The minimum absolute atomic E-state index is 0.0120. The maximum Gasteiger partial charge on any atom is 0.406 e. The Morgan fingerprint density at radius 1 is 1.44 bits per heavy atom. The van der Waals surface area contributed by atoms with E-state index in [2.05, 4.69) is 0 Å². The molecule has 2 nitrogen and oxygen atoms in total. The quantitative estimate of drug-likeness (QED) is 0.714. The second-order valence-electron chi connectivity index (χ2n) is 3.56. The summed E-state index contributed by atoms with van der Waals surface area (Å²) in [5, 5.41) is 0.351. The number of hydrogen-bond acceptors (Lipinski definition) is 1. The highest BCUT2D eigenvalue weighted by molar-refractivity contribution is 14.1. The molecule has 0 heterocycles. The zero-order chi connectivity index (χ0) is 13.9. The molecule has 0 atom stereocenters. The zero-order valence-corrected chi connectivity index (χ0v) is 12.3. The SMILES string of the molecule is CCN(CC(F)(F)F)C(=O)c1ccc(I)c(Cl)c1. The molecule has 0 aliphatic heterocycles. The van der Waals surface area contributed by atoms with Crippen molar-refractivity contribution >= 4 is 40.1 Å². The zero-order valence-electron chi connectivity index (χ0n) is 9.39. The van der Waals surface area contributed by atoms with Gasteiger partial charge in [-0.2, -0.15) is 13.2 Å². The summed E-state index contributed by atoms with van der Waals surface area (Å²) in [7, 11) is 0. The van der Waals surface area contributed by atoms with E-state index < -0.39 is 18.6 Å². The summed E-state index contributed by atoms with van der Waals surface area (Å²) in [6.07, 6.45) is -4.40. The minimum Gasteiger partial charge on any atom is -0.330 e. The van der Waals surface area contributed by atoms with Gasteiger partial charge in [0.25, 0.3) is 5.91 Å². The summed E-state index contributed by atoms with van der Waals surface area (Å²) < 4.78 is 37.6. The molecule has 0 radical (unpaired) electrons. The van der Waals surface area contributed by atoms with Crippen LogP contribution in [0, 0.1) is 3.57 Å². The Bertz CT molecular complexity index is 450. The summed E-state index contributed by atoms with van der Waals surface area (Å²) in [5.74, 6) is -0.673. The van der Waals surface area contributed by atoms with Gasteiger partial charge in [-0.3, -0.25) is 4.79 Å². The average Bonchev–Trinajstić information content (AvgIpc) is 2.27. The lowest BCUT2D eigenvalue weighted by atomic mass is 10.2. The molecule has 1 rings (SSSR count). The molecule has 0 aromatic heterocycles. The molecule has 0 N–H and O–H groups in total. The Morgan fingerprint density at radius 3 is 2.50 bits per heavy atom. The van der Waals surface area contributed by atoms with Crippen LogP contribution < -0.4 is 0 Å². The third-order valence-corrected chi connectivity index (χ3v) is 3.78. The van der Waals surface area contributed by atoms with E-state index in [9.17, 15) is 18.0 Å². The number of alkyl halides is 3. The maximum atomic E-state index is 12.3. The Balaban J connectivity index is 2.93. The van der Waals surface area contributed by atoms with Crippen molar-refractivity contribution in [2.45, 2.75) is 13.1 Å². The number of carbonyl (C=O) groups excluding carboxylic acids is 1. The van der Waals surface area contributed by atoms with Crippen molar-refractivity contribution in [3.63, 3.8) is 0 Å². The molecule has 18 heavy (non-hydrogen) atoms. The predicted octanol–water partition coefficient (Wildman–Crippen LogP) is 3.97. The van der Waals surface area contributed by atoms with E-state index in [1.807, 2.05) is 22.6 Å². The monoisotopic (exact) mass is 391 g/mol. The Morgan fingerprint density at radius 2 is 2.06 bits per heavy atom. The van der Waals surface area contributed by atoms with Crippen LogP contribution in [0.25, 0.3) is 0 Å². The summed E-state index contributed by atoms with van der Waals surface area (Å²) in [6.45, 7) is 0.228. The lowest BCUT2D eigenvalue weighted by Gasteiger charge is -2.22. The first-order valence-electron chi connectivity index (χ1n) is 5.05. The number of halogens is 5. The van der Waals surface area contributed by atoms with Gasteiger partial charge in [-0.25, -0.2) is 0 Å². The van der Waals surface area contributed by atoms with Crippen LogP contribution in [0.15, 0.2) is 18.2 Å². The maximum absolute atomic E-state index is 12.3.